The molecule has 1 fully saturated rings. The van der Waals surface area contributed by atoms with Crippen molar-refractivity contribution >= 4 is 0 Å². The average molecular weight is 327 g/mol. The van der Waals surface area contributed by atoms with Gasteiger partial charge < -0.3 is 14.9 Å². The standard InChI is InChI=1S/C20H25NO3/c1-19(2,3)21-9-8-20-12-5-7-15(23)18(20)24-17-14(22)6-4-11(16(17)20)10-13(12)21/h4-7,12-13,15,18,22-23H,8-10H2,1-3H3/t12-,13+,15-,18-,20-/m0/s1. The Morgan fingerprint density at radius 3 is 2.79 bits per heavy atom. The summed E-state index contributed by atoms with van der Waals surface area (Å²) in [6.45, 7) is 7.85. The van der Waals surface area contributed by atoms with Gasteiger partial charge in [0.05, 0.1) is 0 Å². The van der Waals surface area contributed by atoms with Gasteiger partial charge in [0.15, 0.2) is 11.5 Å². The largest absolute Gasteiger partial charge is 0.504 e. The summed E-state index contributed by atoms with van der Waals surface area (Å²) in [6.07, 6.45) is 5.17. The second-order valence-electron chi connectivity index (χ2n) is 8.81. The molecular formula is C20H25NO3. The fourth-order valence-corrected chi connectivity index (χ4v) is 5.89. The van der Waals surface area contributed by atoms with Gasteiger partial charge in [0.2, 0.25) is 0 Å². The second-order valence-corrected chi connectivity index (χ2v) is 8.81. The summed E-state index contributed by atoms with van der Waals surface area (Å²) < 4.78 is 6.17. The summed E-state index contributed by atoms with van der Waals surface area (Å²) in [4.78, 5) is 2.62. The van der Waals surface area contributed by atoms with Crippen LogP contribution in [-0.4, -0.2) is 45.4 Å². The van der Waals surface area contributed by atoms with Gasteiger partial charge in [-0.25, -0.2) is 0 Å². The molecule has 24 heavy (non-hydrogen) atoms. The first kappa shape index (κ1) is 14.8. The molecule has 2 bridgehead atoms. The van der Waals surface area contributed by atoms with E-state index in [0.717, 1.165) is 19.4 Å². The fourth-order valence-electron chi connectivity index (χ4n) is 5.89. The molecule has 128 valence electrons. The van der Waals surface area contributed by atoms with Gasteiger partial charge in [0, 0.05) is 28.5 Å². The zero-order valence-corrected chi connectivity index (χ0v) is 14.5. The third kappa shape index (κ3) is 1.56. The van der Waals surface area contributed by atoms with Crippen LogP contribution >= 0.6 is 0 Å². The van der Waals surface area contributed by atoms with Gasteiger partial charge in [0.25, 0.3) is 0 Å². The van der Waals surface area contributed by atoms with E-state index in [1.165, 1.54) is 11.1 Å². The number of aliphatic hydroxyl groups excluding tert-OH is 1. The minimum absolute atomic E-state index is 0.113. The number of aromatic hydroxyl groups is 1. The number of benzene rings is 1. The molecule has 1 saturated heterocycles. The highest BCUT2D eigenvalue weighted by Gasteiger charge is 2.65. The molecule has 1 aromatic rings. The van der Waals surface area contributed by atoms with Crippen molar-refractivity contribution in [3.05, 3.63) is 35.4 Å². The third-order valence-electron chi connectivity index (χ3n) is 6.73. The minimum atomic E-state index is -0.610. The Bertz CT molecular complexity index is 750. The van der Waals surface area contributed by atoms with Crippen LogP contribution in [-0.2, 0) is 11.8 Å². The smallest absolute Gasteiger partial charge is 0.165 e. The zero-order chi connectivity index (χ0) is 16.9. The van der Waals surface area contributed by atoms with Gasteiger partial charge in [-0.05, 0) is 51.8 Å². The van der Waals surface area contributed by atoms with Crippen molar-refractivity contribution in [3.63, 3.8) is 0 Å². The molecule has 5 rings (SSSR count). The Kier molecular flexibility index (Phi) is 2.68. The van der Waals surface area contributed by atoms with E-state index >= 15 is 0 Å². The first-order chi connectivity index (χ1) is 11.3. The predicted octanol–water partition coefficient (Wildman–Crippen LogP) is 2.37. The maximum atomic E-state index is 10.6. The van der Waals surface area contributed by atoms with Gasteiger partial charge in [-0.1, -0.05) is 18.2 Å². The SMILES string of the molecule is CC(C)(C)N1CC[C@]23c4c5ccc(O)c4O[C@H]2[C@@H](O)C=C[C@H]3[C@H]1C5. The van der Waals surface area contributed by atoms with E-state index < -0.39 is 6.10 Å². The summed E-state index contributed by atoms with van der Waals surface area (Å²) in [6, 6.07) is 4.22. The van der Waals surface area contributed by atoms with E-state index in [4.69, 9.17) is 4.74 Å². The maximum Gasteiger partial charge on any atom is 0.165 e. The number of ether oxygens (including phenoxy) is 1. The Hall–Kier alpha value is -1.52. The molecule has 0 amide bonds. The van der Waals surface area contributed by atoms with Gasteiger partial charge in [-0.2, -0.15) is 0 Å². The lowest BCUT2D eigenvalue weighted by molar-refractivity contribution is -0.0749. The van der Waals surface area contributed by atoms with Crippen LogP contribution in [0.15, 0.2) is 24.3 Å². The van der Waals surface area contributed by atoms with E-state index in [-0.39, 0.29) is 22.8 Å². The number of aliphatic hydroxyl groups is 1. The topological polar surface area (TPSA) is 52.9 Å². The van der Waals surface area contributed by atoms with E-state index in [2.05, 4.69) is 37.8 Å². The number of nitrogens with zero attached hydrogens (tertiary/aromatic N) is 1. The van der Waals surface area contributed by atoms with Crippen LogP contribution in [0, 0.1) is 5.92 Å². The van der Waals surface area contributed by atoms with Gasteiger partial charge in [-0.3, -0.25) is 4.90 Å². The van der Waals surface area contributed by atoms with Crippen LogP contribution < -0.4 is 4.74 Å². The van der Waals surface area contributed by atoms with Gasteiger partial charge >= 0.3 is 0 Å². The van der Waals surface area contributed by atoms with Crippen molar-refractivity contribution in [3.8, 4) is 11.5 Å². The van der Waals surface area contributed by atoms with Crippen molar-refractivity contribution in [2.45, 2.75) is 62.8 Å². The van der Waals surface area contributed by atoms with Crippen molar-refractivity contribution in [1.82, 2.24) is 4.90 Å². The lowest BCUT2D eigenvalue weighted by Crippen LogP contribution is -2.68. The van der Waals surface area contributed by atoms with Crippen molar-refractivity contribution in [2.24, 2.45) is 5.92 Å². The highest BCUT2D eigenvalue weighted by atomic mass is 16.5. The molecule has 1 aromatic carbocycles. The van der Waals surface area contributed by atoms with Crippen LogP contribution in [0.2, 0.25) is 0 Å². The maximum absolute atomic E-state index is 10.6. The Balaban J connectivity index is 1.76. The number of hydrogen-bond donors (Lipinski definition) is 2. The second kappa shape index (κ2) is 4.36. The number of piperidine rings is 1. The number of phenols is 1. The van der Waals surface area contributed by atoms with E-state index in [1.807, 2.05) is 6.08 Å². The Morgan fingerprint density at radius 1 is 1.25 bits per heavy atom. The number of hydrogen-bond acceptors (Lipinski definition) is 4. The van der Waals surface area contributed by atoms with Gasteiger partial charge in [-0.15, -0.1) is 0 Å². The molecule has 0 aromatic heterocycles. The molecule has 4 aliphatic rings. The van der Waals surface area contributed by atoms with Crippen molar-refractivity contribution < 1.29 is 14.9 Å². The predicted molar refractivity (Wildman–Crippen MR) is 91.4 cm³/mol. The number of phenolic OH excluding ortho intramolecular Hbond substituents is 1. The summed E-state index contributed by atoms with van der Waals surface area (Å²) in [5, 5.41) is 20.9. The highest BCUT2D eigenvalue weighted by molar-refractivity contribution is 5.61. The average Bonchev–Trinajstić information content (AvgIpc) is 2.85. The molecule has 2 heterocycles. The summed E-state index contributed by atoms with van der Waals surface area (Å²) in [5.41, 5.74) is 2.37. The molecule has 2 aliphatic carbocycles. The fraction of sp³-hybridized carbons (Fsp3) is 0.600. The van der Waals surface area contributed by atoms with Crippen LogP contribution in [0.5, 0.6) is 11.5 Å². The first-order valence-corrected chi connectivity index (χ1v) is 8.99. The first-order valence-electron chi connectivity index (χ1n) is 8.99. The summed E-state index contributed by atoms with van der Waals surface area (Å²) in [7, 11) is 0. The van der Waals surface area contributed by atoms with E-state index in [0.29, 0.717) is 17.7 Å². The molecule has 4 nitrogen and oxygen atoms in total. The Morgan fingerprint density at radius 2 is 2.04 bits per heavy atom. The monoisotopic (exact) mass is 327 g/mol. The Labute approximate surface area is 142 Å². The number of rotatable bonds is 0. The lowest BCUT2D eigenvalue weighted by Gasteiger charge is -2.59. The van der Waals surface area contributed by atoms with Crippen LogP contribution in [0.25, 0.3) is 0 Å². The van der Waals surface area contributed by atoms with Crippen LogP contribution in [0.3, 0.4) is 0 Å². The highest BCUT2D eigenvalue weighted by Crippen LogP contribution is 2.62. The van der Waals surface area contributed by atoms with E-state index in [1.54, 1.807) is 6.07 Å². The molecule has 0 unspecified atom stereocenters. The molecule has 0 saturated carbocycles. The molecule has 5 atom stereocenters. The molecular weight excluding hydrogens is 302 g/mol. The minimum Gasteiger partial charge on any atom is -0.504 e. The van der Waals surface area contributed by atoms with Crippen LogP contribution in [0.1, 0.15) is 38.3 Å². The van der Waals surface area contributed by atoms with Crippen molar-refractivity contribution in [2.75, 3.05) is 6.54 Å². The quantitative estimate of drug-likeness (QED) is 0.718. The number of likely N-dealkylation sites (tertiary alicyclic amines) is 1. The lowest BCUT2D eigenvalue weighted by atomic mass is 9.53. The third-order valence-corrected chi connectivity index (χ3v) is 6.73. The molecule has 0 radical (unpaired) electrons. The zero-order valence-electron chi connectivity index (χ0n) is 14.5. The summed E-state index contributed by atoms with van der Waals surface area (Å²) >= 11 is 0. The van der Waals surface area contributed by atoms with Crippen LogP contribution in [0.4, 0.5) is 0 Å². The summed E-state index contributed by atoms with van der Waals surface area (Å²) in [5.74, 6) is 1.16. The van der Waals surface area contributed by atoms with Gasteiger partial charge in [0.1, 0.15) is 12.2 Å². The molecule has 1 spiro atoms. The molecule has 4 heteroatoms. The normalized spacial score (nSPS) is 39.5. The molecule has 2 N–H and O–H groups in total. The van der Waals surface area contributed by atoms with E-state index in [9.17, 15) is 10.2 Å². The molecule has 2 aliphatic heterocycles. The van der Waals surface area contributed by atoms with Crippen molar-refractivity contribution in [1.29, 1.82) is 0 Å².